The first-order chi connectivity index (χ1) is 11.5. The Balaban J connectivity index is 0.00000182. The van der Waals surface area contributed by atoms with Gasteiger partial charge in [-0.1, -0.05) is 42.7 Å². The fraction of sp³-hybridized carbons (Fsp3) is 0.550. The van der Waals surface area contributed by atoms with Crippen LogP contribution < -0.4 is 0 Å². The SMILES string of the molecule is CC(C)c1cc([C@@H]2C3CC[C@H](C[C@@H]2c2ccc(Cl)cc2)N3C)on1.Cl. The number of hydrogen-bond donors (Lipinski definition) is 0. The summed E-state index contributed by atoms with van der Waals surface area (Å²) in [6.45, 7) is 4.33. The maximum atomic E-state index is 6.10. The van der Waals surface area contributed by atoms with Crippen LogP contribution in [0.5, 0.6) is 0 Å². The van der Waals surface area contributed by atoms with E-state index in [0.29, 0.717) is 29.8 Å². The number of aromatic nitrogens is 1. The average Bonchev–Trinajstić information content (AvgIpc) is 3.12. The summed E-state index contributed by atoms with van der Waals surface area (Å²) >= 11 is 6.10. The predicted molar refractivity (Wildman–Crippen MR) is 104 cm³/mol. The standard InChI is InChI=1S/C20H25ClN2O.ClH/c1-12(2)17-11-19(24-22-17)20-16(13-4-6-14(21)7-5-13)10-15-8-9-18(20)23(15)3;/h4-7,11-12,15-16,18,20H,8-10H2,1-3H3;1H/t15-,16-,18?,20+;/m1./s1. The van der Waals surface area contributed by atoms with Crippen LogP contribution in [0.25, 0.3) is 0 Å². The Bertz CT molecular complexity index is 713. The lowest BCUT2D eigenvalue weighted by atomic mass is 9.75. The highest BCUT2D eigenvalue weighted by Crippen LogP contribution is 2.51. The number of piperidine rings is 1. The van der Waals surface area contributed by atoms with Crippen LogP contribution in [0.15, 0.2) is 34.9 Å². The molecule has 0 N–H and O–H groups in total. The third-order valence-corrected chi connectivity index (χ3v) is 6.29. The van der Waals surface area contributed by atoms with Gasteiger partial charge in [-0.25, -0.2) is 0 Å². The molecule has 0 amide bonds. The van der Waals surface area contributed by atoms with Gasteiger partial charge < -0.3 is 4.52 Å². The van der Waals surface area contributed by atoms with Gasteiger partial charge >= 0.3 is 0 Å². The second kappa shape index (κ2) is 7.30. The van der Waals surface area contributed by atoms with Gasteiger partial charge in [0.15, 0.2) is 0 Å². The summed E-state index contributed by atoms with van der Waals surface area (Å²) in [5.41, 5.74) is 2.43. The minimum Gasteiger partial charge on any atom is -0.361 e. The van der Waals surface area contributed by atoms with Crippen molar-refractivity contribution in [3.8, 4) is 0 Å². The molecule has 0 spiro atoms. The van der Waals surface area contributed by atoms with Crippen LogP contribution in [0.1, 0.15) is 67.9 Å². The minimum absolute atomic E-state index is 0. The lowest BCUT2D eigenvalue weighted by Gasteiger charge is -2.42. The molecule has 4 atom stereocenters. The van der Waals surface area contributed by atoms with Crippen molar-refractivity contribution in [1.82, 2.24) is 10.1 Å². The van der Waals surface area contributed by atoms with E-state index in [-0.39, 0.29) is 12.4 Å². The highest BCUT2D eigenvalue weighted by atomic mass is 35.5. The minimum atomic E-state index is 0. The lowest BCUT2D eigenvalue weighted by molar-refractivity contribution is 0.122. The van der Waals surface area contributed by atoms with E-state index < -0.39 is 0 Å². The molecule has 1 unspecified atom stereocenters. The Labute approximate surface area is 161 Å². The Morgan fingerprint density at radius 3 is 2.56 bits per heavy atom. The molecule has 3 heterocycles. The smallest absolute Gasteiger partial charge is 0.142 e. The van der Waals surface area contributed by atoms with Crippen molar-refractivity contribution < 1.29 is 4.52 Å². The van der Waals surface area contributed by atoms with Crippen LogP contribution in [0.4, 0.5) is 0 Å². The number of benzene rings is 1. The quantitative estimate of drug-likeness (QED) is 0.692. The fourth-order valence-corrected chi connectivity index (χ4v) is 4.77. The zero-order valence-electron chi connectivity index (χ0n) is 15.0. The molecule has 2 bridgehead atoms. The molecule has 1 aromatic carbocycles. The largest absolute Gasteiger partial charge is 0.361 e. The molecule has 0 radical (unpaired) electrons. The molecule has 25 heavy (non-hydrogen) atoms. The summed E-state index contributed by atoms with van der Waals surface area (Å²) in [6, 6.07) is 11.8. The molecule has 5 heteroatoms. The number of rotatable bonds is 3. The van der Waals surface area contributed by atoms with Crippen molar-refractivity contribution in [3.05, 3.63) is 52.4 Å². The summed E-state index contributed by atoms with van der Waals surface area (Å²) in [5, 5.41) is 5.12. The van der Waals surface area contributed by atoms with E-state index >= 15 is 0 Å². The van der Waals surface area contributed by atoms with Crippen molar-refractivity contribution in [1.29, 1.82) is 0 Å². The Morgan fingerprint density at radius 2 is 1.92 bits per heavy atom. The summed E-state index contributed by atoms with van der Waals surface area (Å²) < 4.78 is 5.84. The zero-order valence-corrected chi connectivity index (χ0v) is 16.6. The Hall–Kier alpha value is -1.03. The molecule has 2 aliphatic rings. The molecular formula is C20H26Cl2N2O. The van der Waals surface area contributed by atoms with E-state index in [4.69, 9.17) is 16.1 Å². The van der Waals surface area contributed by atoms with Crippen LogP contribution in [0.2, 0.25) is 5.02 Å². The van der Waals surface area contributed by atoms with Crippen LogP contribution in [0, 0.1) is 0 Å². The monoisotopic (exact) mass is 380 g/mol. The van der Waals surface area contributed by atoms with Gasteiger partial charge in [0, 0.05) is 29.1 Å². The van der Waals surface area contributed by atoms with Crippen molar-refractivity contribution in [2.24, 2.45) is 0 Å². The van der Waals surface area contributed by atoms with E-state index in [0.717, 1.165) is 16.5 Å². The maximum absolute atomic E-state index is 6.10. The van der Waals surface area contributed by atoms with Gasteiger partial charge in [0.2, 0.25) is 0 Å². The Morgan fingerprint density at radius 1 is 1.20 bits per heavy atom. The molecule has 4 rings (SSSR count). The van der Waals surface area contributed by atoms with E-state index in [1.165, 1.54) is 24.8 Å². The van der Waals surface area contributed by atoms with E-state index in [1.807, 2.05) is 12.1 Å². The highest BCUT2D eigenvalue weighted by Gasteiger charge is 2.48. The first kappa shape index (κ1) is 18.8. The second-order valence-electron chi connectivity index (χ2n) is 7.69. The Kier molecular flexibility index (Phi) is 5.48. The molecule has 136 valence electrons. The van der Waals surface area contributed by atoms with Crippen molar-refractivity contribution in [2.45, 2.75) is 62.9 Å². The van der Waals surface area contributed by atoms with Gasteiger partial charge in [0.05, 0.1) is 5.69 Å². The van der Waals surface area contributed by atoms with E-state index in [1.54, 1.807) is 0 Å². The van der Waals surface area contributed by atoms with Gasteiger partial charge in [-0.15, -0.1) is 12.4 Å². The predicted octanol–water partition coefficient (Wildman–Crippen LogP) is 5.61. The molecule has 2 saturated heterocycles. The third kappa shape index (κ3) is 3.34. The zero-order chi connectivity index (χ0) is 16.8. The maximum Gasteiger partial charge on any atom is 0.142 e. The van der Waals surface area contributed by atoms with Gasteiger partial charge in [-0.2, -0.15) is 0 Å². The normalized spacial score (nSPS) is 29.0. The second-order valence-corrected chi connectivity index (χ2v) is 8.13. The van der Waals surface area contributed by atoms with Crippen LogP contribution in [0.3, 0.4) is 0 Å². The molecule has 2 aromatic rings. The topological polar surface area (TPSA) is 29.3 Å². The van der Waals surface area contributed by atoms with Crippen LogP contribution in [-0.2, 0) is 0 Å². The van der Waals surface area contributed by atoms with Crippen molar-refractivity contribution in [3.63, 3.8) is 0 Å². The summed E-state index contributed by atoms with van der Waals surface area (Å²) in [5.74, 6) is 2.30. The number of likely N-dealkylation sites (N-methyl/N-ethyl adjacent to an activating group) is 1. The molecule has 2 aliphatic heterocycles. The van der Waals surface area contributed by atoms with E-state index in [9.17, 15) is 0 Å². The van der Waals surface area contributed by atoms with Crippen LogP contribution >= 0.6 is 24.0 Å². The molecule has 1 aromatic heterocycles. The summed E-state index contributed by atoms with van der Waals surface area (Å²) in [6.07, 6.45) is 3.71. The van der Waals surface area contributed by atoms with Crippen molar-refractivity contribution >= 4 is 24.0 Å². The first-order valence-corrected chi connectivity index (χ1v) is 9.36. The number of halogens is 2. The van der Waals surface area contributed by atoms with E-state index in [2.05, 4.69) is 49.2 Å². The molecule has 3 nitrogen and oxygen atoms in total. The third-order valence-electron chi connectivity index (χ3n) is 6.03. The molecule has 2 fully saturated rings. The van der Waals surface area contributed by atoms with Gasteiger partial charge in [0.1, 0.15) is 5.76 Å². The molecular weight excluding hydrogens is 355 g/mol. The summed E-state index contributed by atoms with van der Waals surface area (Å²) in [4.78, 5) is 2.56. The lowest BCUT2D eigenvalue weighted by Crippen LogP contribution is -2.44. The molecule has 0 saturated carbocycles. The summed E-state index contributed by atoms with van der Waals surface area (Å²) in [7, 11) is 2.27. The van der Waals surface area contributed by atoms with Gasteiger partial charge in [-0.05, 0) is 55.8 Å². The fourth-order valence-electron chi connectivity index (χ4n) is 4.64. The first-order valence-electron chi connectivity index (χ1n) is 8.98. The van der Waals surface area contributed by atoms with Crippen molar-refractivity contribution in [2.75, 3.05) is 7.05 Å². The number of fused-ring (bicyclic) bond motifs is 2. The molecule has 0 aliphatic carbocycles. The highest BCUT2D eigenvalue weighted by molar-refractivity contribution is 6.30. The van der Waals surface area contributed by atoms with Gasteiger partial charge in [-0.3, -0.25) is 4.90 Å². The van der Waals surface area contributed by atoms with Gasteiger partial charge in [0.25, 0.3) is 0 Å². The number of nitrogens with zero attached hydrogens (tertiary/aromatic N) is 2. The number of hydrogen-bond acceptors (Lipinski definition) is 3. The average molecular weight is 381 g/mol. The van der Waals surface area contributed by atoms with Crippen LogP contribution in [-0.4, -0.2) is 29.2 Å².